The molecule has 0 saturated carbocycles. The summed E-state index contributed by atoms with van der Waals surface area (Å²) in [5, 5.41) is 11.6. The molecule has 0 unspecified atom stereocenters. The molecule has 150 valence electrons. The molecule has 0 atom stereocenters. The minimum Gasteiger partial charge on any atom is -0.335 e. The number of benzene rings is 2. The van der Waals surface area contributed by atoms with Gasteiger partial charge < -0.3 is 11.2 Å². The molecule has 7 nitrogen and oxygen atoms in total. The van der Waals surface area contributed by atoms with Crippen LogP contribution in [0.5, 0.6) is 0 Å². The maximum Gasteiger partial charge on any atom is 0.234 e. The van der Waals surface area contributed by atoms with Crippen LogP contribution in [0.1, 0.15) is 0 Å². The van der Waals surface area contributed by atoms with Crippen LogP contribution < -0.4 is 11.2 Å². The summed E-state index contributed by atoms with van der Waals surface area (Å²) in [5.41, 5.74) is 1.53. The van der Waals surface area contributed by atoms with E-state index in [4.69, 9.17) is 5.84 Å². The lowest BCUT2D eigenvalue weighted by Gasteiger charge is -2.10. The van der Waals surface area contributed by atoms with Crippen LogP contribution in [0.3, 0.4) is 0 Å². The van der Waals surface area contributed by atoms with Gasteiger partial charge in [-0.25, -0.2) is 4.68 Å². The third-order valence-electron chi connectivity index (χ3n) is 4.05. The normalized spacial score (nSPS) is 10.7. The Morgan fingerprint density at radius 3 is 2.60 bits per heavy atom. The molecule has 9 heteroatoms. The second kappa shape index (κ2) is 9.47. The number of nitrogens with one attached hydrogen (secondary N) is 1. The molecule has 30 heavy (non-hydrogen) atoms. The lowest BCUT2D eigenvalue weighted by Crippen LogP contribution is -2.16. The highest BCUT2D eigenvalue weighted by Crippen LogP contribution is 2.33. The van der Waals surface area contributed by atoms with Gasteiger partial charge in [-0.2, -0.15) is 0 Å². The van der Waals surface area contributed by atoms with Crippen LogP contribution in [0.4, 0.5) is 5.69 Å². The smallest absolute Gasteiger partial charge is 0.234 e. The van der Waals surface area contributed by atoms with Crippen LogP contribution in [0.25, 0.3) is 11.4 Å². The molecule has 3 N–H and O–H groups in total. The molecule has 0 fully saturated rings. The number of amides is 1. The number of nitrogen functional groups attached to an aromatic ring is 1. The Morgan fingerprint density at radius 1 is 1.00 bits per heavy atom. The van der Waals surface area contributed by atoms with Crippen molar-refractivity contribution >= 4 is 35.1 Å². The van der Waals surface area contributed by atoms with Crippen molar-refractivity contribution in [2.75, 3.05) is 16.9 Å². The van der Waals surface area contributed by atoms with Gasteiger partial charge in [-0.1, -0.05) is 53.9 Å². The van der Waals surface area contributed by atoms with Crippen LogP contribution in [-0.4, -0.2) is 31.5 Å². The number of thioether (sulfide) groups is 1. The van der Waals surface area contributed by atoms with E-state index in [1.54, 1.807) is 30.2 Å². The maximum absolute atomic E-state index is 12.5. The second-order valence-electron chi connectivity index (χ2n) is 6.17. The van der Waals surface area contributed by atoms with Gasteiger partial charge in [-0.15, -0.1) is 10.2 Å². The van der Waals surface area contributed by atoms with Gasteiger partial charge in [0, 0.05) is 27.7 Å². The number of hydrogen-bond acceptors (Lipinski definition) is 7. The number of aromatic nitrogens is 4. The highest BCUT2D eigenvalue weighted by Gasteiger charge is 2.14. The average Bonchev–Trinajstić information content (AvgIpc) is 3.15. The predicted octanol–water partition coefficient (Wildman–Crippen LogP) is 3.94. The molecule has 0 aliphatic rings. The standard InChI is InChI=1S/C21H18N6OS2/c22-27-20(15-7-6-12-23-13-15)25-26-21(27)29-14-19(28)24-17-10-4-5-11-18(17)30-16-8-2-1-3-9-16/h1-13H,14,22H2,(H,24,28). The summed E-state index contributed by atoms with van der Waals surface area (Å²) < 4.78 is 1.37. The first-order valence-corrected chi connectivity index (χ1v) is 10.9. The van der Waals surface area contributed by atoms with Gasteiger partial charge in [0.2, 0.25) is 11.1 Å². The first-order chi connectivity index (χ1) is 14.7. The number of para-hydroxylation sites is 1. The Morgan fingerprint density at radius 2 is 1.80 bits per heavy atom. The zero-order valence-electron chi connectivity index (χ0n) is 15.8. The highest BCUT2D eigenvalue weighted by molar-refractivity contribution is 8.00. The lowest BCUT2D eigenvalue weighted by atomic mass is 10.3. The van der Waals surface area contributed by atoms with Gasteiger partial charge in [-0.3, -0.25) is 9.78 Å². The summed E-state index contributed by atoms with van der Waals surface area (Å²) in [6, 6.07) is 21.4. The molecule has 0 saturated heterocycles. The molecular formula is C21H18N6OS2. The number of nitrogens with two attached hydrogens (primary N) is 1. The summed E-state index contributed by atoms with van der Waals surface area (Å²) in [6.45, 7) is 0. The predicted molar refractivity (Wildman–Crippen MR) is 120 cm³/mol. The molecule has 0 aliphatic heterocycles. The number of rotatable bonds is 7. The van der Waals surface area contributed by atoms with E-state index in [-0.39, 0.29) is 11.7 Å². The van der Waals surface area contributed by atoms with E-state index in [1.807, 2.05) is 60.7 Å². The Hall–Kier alpha value is -3.30. The number of nitrogens with zero attached hydrogens (tertiary/aromatic N) is 4. The number of pyridine rings is 1. The molecule has 4 aromatic rings. The highest BCUT2D eigenvalue weighted by atomic mass is 32.2. The molecule has 2 heterocycles. The molecule has 0 aliphatic carbocycles. The van der Waals surface area contributed by atoms with Gasteiger partial charge in [0.05, 0.1) is 11.4 Å². The van der Waals surface area contributed by atoms with Crippen molar-refractivity contribution in [3.05, 3.63) is 79.1 Å². The third-order valence-corrected chi connectivity index (χ3v) is 6.08. The largest absolute Gasteiger partial charge is 0.335 e. The van der Waals surface area contributed by atoms with E-state index in [2.05, 4.69) is 20.5 Å². The van der Waals surface area contributed by atoms with E-state index >= 15 is 0 Å². The number of anilines is 1. The fourth-order valence-corrected chi connectivity index (χ4v) is 4.24. The molecule has 0 radical (unpaired) electrons. The fourth-order valence-electron chi connectivity index (χ4n) is 2.66. The van der Waals surface area contributed by atoms with Gasteiger partial charge in [0.1, 0.15) is 0 Å². The van der Waals surface area contributed by atoms with E-state index in [0.29, 0.717) is 11.0 Å². The van der Waals surface area contributed by atoms with Crippen LogP contribution in [0.15, 0.2) is 94.1 Å². The van der Waals surface area contributed by atoms with E-state index in [1.165, 1.54) is 16.4 Å². The summed E-state index contributed by atoms with van der Waals surface area (Å²) in [5.74, 6) is 6.60. The summed E-state index contributed by atoms with van der Waals surface area (Å²) in [4.78, 5) is 18.7. The second-order valence-corrected chi connectivity index (χ2v) is 8.22. The maximum atomic E-state index is 12.5. The molecule has 0 bridgehead atoms. The number of carbonyl (C=O) groups excluding carboxylic acids is 1. The molecule has 0 spiro atoms. The van der Waals surface area contributed by atoms with Crippen LogP contribution in [-0.2, 0) is 4.79 Å². The Balaban J connectivity index is 1.40. The molecule has 2 aromatic heterocycles. The van der Waals surface area contributed by atoms with Crippen molar-refractivity contribution < 1.29 is 4.79 Å². The van der Waals surface area contributed by atoms with E-state index in [9.17, 15) is 4.79 Å². The summed E-state index contributed by atoms with van der Waals surface area (Å²) >= 11 is 2.83. The topological polar surface area (TPSA) is 98.7 Å². The number of carbonyl (C=O) groups is 1. The first-order valence-electron chi connectivity index (χ1n) is 9.06. The van der Waals surface area contributed by atoms with Crippen molar-refractivity contribution in [1.29, 1.82) is 0 Å². The van der Waals surface area contributed by atoms with Gasteiger partial charge in [-0.05, 0) is 36.4 Å². The molecular weight excluding hydrogens is 416 g/mol. The molecule has 4 rings (SSSR count). The zero-order valence-corrected chi connectivity index (χ0v) is 17.4. The molecule has 1 amide bonds. The minimum absolute atomic E-state index is 0.146. The first kappa shape index (κ1) is 20.0. The van der Waals surface area contributed by atoms with Crippen molar-refractivity contribution in [1.82, 2.24) is 19.9 Å². The van der Waals surface area contributed by atoms with Crippen molar-refractivity contribution in [3.8, 4) is 11.4 Å². The average molecular weight is 435 g/mol. The minimum atomic E-state index is -0.146. The van der Waals surface area contributed by atoms with Crippen molar-refractivity contribution in [3.63, 3.8) is 0 Å². The monoisotopic (exact) mass is 434 g/mol. The lowest BCUT2D eigenvalue weighted by molar-refractivity contribution is -0.113. The van der Waals surface area contributed by atoms with Crippen molar-refractivity contribution in [2.45, 2.75) is 14.9 Å². The van der Waals surface area contributed by atoms with Crippen LogP contribution in [0.2, 0.25) is 0 Å². The van der Waals surface area contributed by atoms with Gasteiger partial charge in [0.15, 0.2) is 5.82 Å². The number of hydrogen-bond donors (Lipinski definition) is 2. The van der Waals surface area contributed by atoms with Gasteiger partial charge >= 0.3 is 0 Å². The summed E-state index contributed by atoms with van der Waals surface area (Å²) in [7, 11) is 0. The summed E-state index contributed by atoms with van der Waals surface area (Å²) in [6.07, 6.45) is 3.34. The van der Waals surface area contributed by atoms with E-state index in [0.717, 1.165) is 21.0 Å². The Labute approximate surface area is 182 Å². The zero-order chi connectivity index (χ0) is 20.8. The molecule has 2 aromatic carbocycles. The Bertz CT molecular complexity index is 1130. The van der Waals surface area contributed by atoms with Crippen LogP contribution in [0, 0.1) is 0 Å². The Kier molecular flexibility index (Phi) is 6.31. The SMILES string of the molecule is Nn1c(SCC(=O)Nc2ccccc2Sc2ccccc2)nnc1-c1cccnc1. The van der Waals surface area contributed by atoms with Crippen molar-refractivity contribution in [2.24, 2.45) is 0 Å². The van der Waals surface area contributed by atoms with Gasteiger partial charge in [0.25, 0.3) is 0 Å². The van der Waals surface area contributed by atoms with E-state index < -0.39 is 0 Å². The third kappa shape index (κ3) is 4.81. The fraction of sp³-hybridized carbons (Fsp3) is 0.0476. The quantitative estimate of drug-likeness (QED) is 0.336. The van der Waals surface area contributed by atoms with Crippen LogP contribution >= 0.6 is 23.5 Å².